The van der Waals surface area contributed by atoms with Gasteiger partial charge in [-0.15, -0.1) is 11.3 Å². The molecule has 1 heterocycles. The van der Waals surface area contributed by atoms with Crippen LogP contribution in [0.25, 0.3) is 6.08 Å². The lowest BCUT2D eigenvalue weighted by Gasteiger charge is -1.96. The molecule has 1 N–H and O–H groups in total. The van der Waals surface area contributed by atoms with Gasteiger partial charge in [0.25, 0.3) is 0 Å². The Hall–Kier alpha value is -1.65. The molecule has 2 aromatic rings. The molecule has 0 unspecified atom stereocenters. The van der Waals surface area contributed by atoms with Crippen LogP contribution in [-0.4, -0.2) is 10.9 Å². The molecule has 0 radical (unpaired) electrons. The van der Waals surface area contributed by atoms with Gasteiger partial charge < -0.3 is 0 Å². The predicted octanol–water partition coefficient (Wildman–Crippen LogP) is 4.07. The zero-order chi connectivity index (χ0) is 13.8. The molecule has 0 fully saturated rings. The van der Waals surface area contributed by atoms with Gasteiger partial charge in [0.1, 0.15) is 0 Å². The van der Waals surface area contributed by atoms with E-state index in [0.29, 0.717) is 10.2 Å². The van der Waals surface area contributed by atoms with Gasteiger partial charge >= 0.3 is 0 Å². The van der Waals surface area contributed by atoms with Crippen molar-refractivity contribution in [2.45, 2.75) is 13.8 Å². The van der Waals surface area contributed by atoms with Crippen LogP contribution in [0.2, 0.25) is 5.02 Å². The molecule has 0 saturated carbocycles. The minimum Gasteiger partial charge on any atom is -0.298 e. The molecule has 0 aliphatic heterocycles. The van der Waals surface area contributed by atoms with Crippen molar-refractivity contribution in [1.82, 2.24) is 4.98 Å². The Bertz CT molecular complexity index is 597. The van der Waals surface area contributed by atoms with E-state index >= 15 is 0 Å². The van der Waals surface area contributed by atoms with Gasteiger partial charge in [-0.3, -0.25) is 10.1 Å². The number of carbonyl (C=O) groups excluding carboxylic acids is 1. The summed E-state index contributed by atoms with van der Waals surface area (Å²) in [6.45, 7) is 3.90. The van der Waals surface area contributed by atoms with E-state index in [2.05, 4.69) is 10.3 Å². The number of rotatable bonds is 3. The van der Waals surface area contributed by atoms with Crippen molar-refractivity contribution < 1.29 is 4.79 Å². The summed E-state index contributed by atoms with van der Waals surface area (Å²) in [5, 5.41) is 4.04. The van der Waals surface area contributed by atoms with Crippen LogP contribution in [0.5, 0.6) is 0 Å². The first-order valence-corrected chi connectivity index (χ1v) is 6.93. The summed E-state index contributed by atoms with van der Waals surface area (Å²) in [5.41, 5.74) is 1.87. The van der Waals surface area contributed by atoms with E-state index in [9.17, 15) is 4.79 Å². The molecule has 1 aromatic carbocycles. The number of aryl methyl sites for hydroxylation is 2. The Morgan fingerprint density at radius 1 is 1.32 bits per heavy atom. The maximum Gasteiger partial charge on any atom is 0.250 e. The zero-order valence-electron chi connectivity index (χ0n) is 10.6. The summed E-state index contributed by atoms with van der Waals surface area (Å²) in [6.07, 6.45) is 3.22. The van der Waals surface area contributed by atoms with E-state index in [0.717, 1.165) is 16.1 Å². The second kappa shape index (κ2) is 5.99. The first-order valence-electron chi connectivity index (χ1n) is 5.73. The molecule has 1 aromatic heterocycles. The fourth-order valence-corrected chi connectivity index (χ4v) is 2.36. The van der Waals surface area contributed by atoms with Crippen molar-refractivity contribution in [3.05, 3.63) is 51.5 Å². The highest BCUT2D eigenvalue weighted by molar-refractivity contribution is 7.15. The molecule has 98 valence electrons. The van der Waals surface area contributed by atoms with Crippen LogP contribution in [0.15, 0.2) is 30.3 Å². The highest BCUT2D eigenvalue weighted by Gasteiger charge is 2.05. The van der Waals surface area contributed by atoms with Crippen LogP contribution < -0.4 is 5.32 Å². The van der Waals surface area contributed by atoms with Gasteiger partial charge in [-0.2, -0.15) is 0 Å². The molecule has 0 atom stereocenters. The summed E-state index contributed by atoms with van der Waals surface area (Å²) in [6, 6.07) is 7.27. The molecule has 0 aliphatic rings. The second-order valence-corrected chi connectivity index (χ2v) is 5.67. The lowest BCUT2D eigenvalue weighted by molar-refractivity contribution is -0.111. The first-order chi connectivity index (χ1) is 9.04. The Morgan fingerprint density at radius 3 is 2.58 bits per heavy atom. The van der Waals surface area contributed by atoms with Crippen LogP contribution in [0.4, 0.5) is 5.13 Å². The lowest BCUT2D eigenvalue weighted by atomic mass is 10.2. The third-order valence-electron chi connectivity index (χ3n) is 2.56. The number of hydrogen-bond donors (Lipinski definition) is 1. The average Bonchev–Trinajstić information content (AvgIpc) is 2.67. The number of nitrogens with zero attached hydrogens (tertiary/aromatic N) is 1. The second-order valence-electron chi connectivity index (χ2n) is 4.03. The highest BCUT2D eigenvalue weighted by atomic mass is 35.5. The number of aromatic nitrogens is 1. The van der Waals surface area contributed by atoms with Crippen LogP contribution in [0, 0.1) is 13.8 Å². The summed E-state index contributed by atoms with van der Waals surface area (Å²) in [7, 11) is 0. The quantitative estimate of drug-likeness (QED) is 0.867. The van der Waals surface area contributed by atoms with Crippen molar-refractivity contribution in [1.29, 1.82) is 0 Å². The van der Waals surface area contributed by atoms with E-state index in [1.165, 1.54) is 17.4 Å². The lowest BCUT2D eigenvalue weighted by Crippen LogP contribution is -2.07. The van der Waals surface area contributed by atoms with E-state index in [1.807, 2.05) is 26.0 Å². The van der Waals surface area contributed by atoms with Gasteiger partial charge in [0, 0.05) is 16.0 Å². The molecule has 19 heavy (non-hydrogen) atoms. The van der Waals surface area contributed by atoms with Gasteiger partial charge in [0.2, 0.25) is 5.91 Å². The zero-order valence-corrected chi connectivity index (χ0v) is 12.2. The fraction of sp³-hybridized carbons (Fsp3) is 0.143. The molecule has 5 heteroatoms. The monoisotopic (exact) mass is 292 g/mol. The number of carbonyl (C=O) groups is 1. The molecule has 0 spiro atoms. The normalized spacial score (nSPS) is 10.9. The largest absolute Gasteiger partial charge is 0.298 e. The van der Waals surface area contributed by atoms with E-state index in [1.54, 1.807) is 18.2 Å². The molecule has 0 aliphatic carbocycles. The Labute approximate surface area is 120 Å². The average molecular weight is 293 g/mol. The van der Waals surface area contributed by atoms with Gasteiger partial charge in [-0.05, 0) is 37.6 Å². The third-order valence-corrected chi connectivity index (χ3v) is 3.80. The molecule has 0 bridgehead atoms. The fourth-order valence-electron chi connectivity index (χ4n) is 1.42. The maximum atomic E-state index is 11.7. The molecular weight excluding hydrogens is 280 g/mol. The van der Waals surface area contributed by atoms with Crippen molar-refractivity contribution in [2.75, 3.05) is 5.32 Å². The summed E-state index contributed by atoms with van der Waals surface area (Å²) in [5.74, 6) is -0.191. The number of benzene rings is 1. The summed E-state index contributed by atoms with van der Waals surface area (Å²) < 4.78 is 0. The van der Waals surface area contributed by atoms with Crippen LogP contribution in [0.1, 0.15) is 16.1 Å². The molecule has 0 saturated heterocycles. The summed E-state index contributed by atoms with van der Waals surface area (Å²) >= 11 is 7.26. The van der Waals surface area contributed by atoms with Gasteiger partial charge in [-0.1, -0.05) is 23.7 Å². The number of halogens is 1. The molecular formula is C14H13ClN2OS. The Kier molecular flexibility index (Phi) is 4.35. The van der Waals surface area contributed by atoms with Gasteiger partial charge in [0.05, 0.1) is 5.69 Å². The minimum atomic E-state index is -0.191. The molecule has 3 nitrogen and oxygen atoms in total. The summed E-state index contributed by atoms with van der Waals surface area (Å²) in [4.78, 5) is 17.1. The topological polar surface area (TPSA) is 42.0 Å². The Balaban J connectivity index is 1.99. The maximum absolute atomic E-state index is 11.7. The van der Waals surface area contributed by atoms with E-state index in [-0.39, 0.29) is 5.91 Å². The number of amides is 1. The molecule has 2 rings (SSSR count). The van der Waals surface area contributed by atoms with Crippen LogP contribution in [-0.2, 0) is 4.79 Å². The smallest absolute Gasteiger partial charge is 0.250 e. The van der Waals surface area contributed by atoms with Crippen molar-refractivity contribution in [3.8, 4) is 0 Å². The van der Waals surface area contributed by atoms with Crippen LogP contribution in [0.3, 0.4) is 0 Å². The standard InChI is InChI=1S/C14H13ClN2OS/c1-9-10(2)19-14(16-9)17-13(18)8-5-11-3-6-12(15)7-4-11/h3-8H,1-2H3,(H,16,17,18)/b8-5+. The number of hydrogen-bond acceptors (Lipinski definition) is 3. The van der Waals surface area contributed by atoms with Crippen molar-refractivity contribution >= 4 is 40.1 Å². The number of nitrogens with one attached hydrogen (secondary N) is 1. The Morgan fingerprint density at radius 2 is 2.00 bits per heavy atom. The number of anilines is 1. The van der Waals surface area contributed by atoms with Crippen molar-refractivity contribution in [3.63, 3.8) is 0 Å². The van der Waals surface area contributed by atoms with Crippen molar-refractivity contribution in [2.24, 2.45) is 0 Å². The third kappa shape index (κ3) is 3.91. The predicted molar refractivity (Wildman–Crippen MR) is 80.7 cm³/mol. The number of thiazole rings is 1. The SMILES string of the molecule is Cc1nc(NC(=O)/C=C/c2ccc(Cl)cc2)sc1C. The molecule has 1 amide bonds. The van der Waals surface area contributed by atoms with Gasteiger partial charge in [0.15, 0.2) is 5.13 Å². The van der Waals surface area contributed by atoms with E-state index in [4.69, 9.17) is 11.6 Å². The first kappa shape index (κ1) is 13.8. The minimum absolute atomic E-state index is 0.191. The van der Waals surface area contributed by atoms with Gasteiger partial charge in [-0.25, -0.2) is 4.98 Å². The van der Waals surface area contributed by atoms with Crippen LogP contribution >= 0.6 is 22.9 Å². The van der Waals surface area contributed by atoms with E-state index < -0.39 is 0 Å². The highest BCUT2D eigenvalue weighted by Crippen LogP contribution is 2.21.